The Morgan fingerprint density at radius 2 is 1.83 bits per heavy atom. The molecule has 0 saturated carbocycles. The highest BCUT2D eigenvalue weighted by molar-refractivity contribution is 7.89. The van der Waals surface area contributed by atoms with Gasteiger partial charge < -0.3 is 10.4 Å². The standard InChI is InChI=1S/C21H24FN3O3S.ClH/c1-15(12-24-14-21(2,26)18-4-6-19(22)7-5-18)25-29(27,28)20-8-3-17-13-23-10-9-16(17)11-20;/h3-11,13,15,24-26H,12,14H2,1-2H3;1H/t15-,21?;/m1./s1. The maximum Gasteiger partial charge on any atom is 0.240 e. The molecule has 0 bridgehead atoms. The Bertz CT molecular complexity index is 1090. The Morgan fingerprint density at radius 1 is 1.13 bits per heavy atom. The van der Waals surface area contributed by atoms with Gasteiger partial charge in [-0.15, -0.1) is 12.4 Å². The molecule has 0 aliphatic rings. The van der Waals surface area contributed by atoms with Crippen molar-refractivity contribution in [3.8, 4) is 0 Å². The zero-order valence-electron chi connectivity index (χ0n) is 16.7. The average Bonchev–Trinajstić information content (AvgIpc) is 2.67. The highest BCUT2D eigenvalue weighted by Crippen LogP contribution is 2.20. The summed E-state index contributed by atoms with van der Waals surface area (Å²) in [5, 5.41) is 15.3. The molecule has 3 aromatic rings. The molecule has 0 fully saturated rings. The van der Waals surface area contributed by atoms with E-state index >= 15 is 0 Å². The highest BCUT2D eigenvalue weighted by atomic mass is 35.5. The lowest BCUT2D eigenvalue weighted by Gasteiger charge is -2.25. The summed E-state index contributed by atoms with van der Waals surface area (Å²) in [4.78, 5) is 4.20. The van der Waals surface area contributed by atoms with Crippen LogP contribution in [0.25, 0.3) is 10.8 Å². The predicted molar refractivity (Wildman–Crippen MR) is 118 cm³/mol. The van der Waals surface area contributed by atoms with Crippen LogP contribution in [0.5, 0.6) is 0 Å². The van der Waals surface area contributed by atoms with Crippen LogP contribution in [0.2, 0.25) is 0 Å². The first kappa shape index (κ1) is 24.2. The smallest absolute Gasteiger partial charge is 0.240 e. The van der Waals surface area contributed by atoms with E-state index in [0.717, 1.165) is 10.8 Å². The van der Waals surface area contributed by atoms with E-state index in [9.17, 15) is 17.9 Å². The molecule has 3 rings (SSSR count). The number of hydrogen-bond donors (Lipinski definition) is 3. The number of sulfonamides is 1. The summed E-state index contributed by atoms with van der Waals surface area (Å²) in [6.07, 6.45) is 3.30. The van der Waals surface area contributed by atoms with Crippen LogP contribution in [0.15, 0.2) is 65.8 Å². The molecule has 9 heteroatoms. The van der Waals surface area contributed by atoms with E-state index in [-0.39, 0.29) is 29.7 Å². The van der Waals surface area contributed by atoms with Gasteiger partial charge in [-0.2, -0.15) is 0 Å². The van der Waals surface area contributed by atoms with E-state index in [1.165, 1.54) is 24.3 Å². The number of hydrogen-bond acceptors (Lipinski definition) is 5. The largest absolute Gasteiger partial charge is 0.384 e. The van der Waals surface area contributed by atoms with Gasteiger partial charge in [0.05, 0.1) is 10.5 Å². The molecule has 30 heavy (non-hydrogen) atoms. The highest BCUT2D eigenvalue weighted by Gasteiger charge is 2.23. The van der Waals surface area contributed by atoms with Crippen molar-refractivity contribution in [3.05, 3.63) is 72.3 Å². The van der Waals surface area contributed by atoms with Gasteiger partial charge in [0.2, 0.25) is 10.0 Å². The van der Waals surface area contributed by atoms with E-state index < -0.39 is 21.7 Å². The summed E-state index contributed by atoms with van der Waals surface area (Å²) >= 11 is 0. The van der Waals surface area contributed by atoms with Gasteiger partial charge in [-0.3, -0.25) is 4.98 Å². The van der Waals surface area contributed by atoms with Crippen molar-refractivity contribution in [1.29, 1.82) is 0 Å². The SMILES string of the molecule is C[C@H](CNCC(C)(O)c1ccc(F)cc1)NS(=O)(=O)c1ccc2cnccc2c1.Cl. The monoisotopic (exact) mass is 453 g/mol. The first-order valence-electron chi connectivity index (χ1n) is 9.23. The van der Waals surface area contributed by atoms with Crippen LogP contribution in [0.3, 0.4) is 0 Å². The number of pyridine rings is 1. The second-order valence-corrected chi connectivity index (χ2v) is 9.03. The molecule has 0 amide bonds. The second-order valence-electron chi connectivity index (χ2n) is 7.32. The van der Waals surface area contributed by atoms with Crippen LogP contribution >= 0.6 is 12.4 Å². The maximum atomic E-state index is 13.1. The predicted octanol–water partition coefficient (Wildman–Crippen LogP) is 2.96. The zero-order chi connectivity index (χ0) is 21.1. The van der Waals surface area contributed by atoms with E-state index in [0.29, 0.717) is 12.1 Å². The molecule has 6 nitrogen and oxygen atoms in total. The molecule has 0 saturated heterocycles. The van der Waals surface area contributed by atoms with Crippen LogP contribution in [0.4, 0.5) is 4.39 Å². The molecule has 162 valence electrons. The van der Waals surface area contributed by atoms with Crippen LogP contribution in [-0.4, -0.2) is 37.6 Å². The number of rotatable bonds is 8. The minimum atomic E-state index is -3.69. The summed E-state index contributed by atoms with van der Waals surface area (Å²) in [6, 6.07) is 11.9. The number of aromatic nitrogens is 1. The molecule has 1 aromatic heterocycles. The van der Waals surface area contributed by atoms with Gasteiger partial charge in [-0.25, -0.2) is 17.5 Å². The summed E-state index contributed by atoms with van der Waals surface area (Å²) in [7, 11) is -3.69. The second kappa shape index (κ2) is 9.80. The van der Waals surface area contributed by atoms with Crippen molar-refractivity contribution in [3.63, 3.8) is 0 Å². The van der Waals surface area contributed by atoms with Crippen LogP contribution in [0, 0.1) is 5.82 Å². The van der Waals surface area contributed by atoms with E-state index in [2.05, 4.69) is 15.0 Å². The average molecular weight is 454 g/mol. The Labute approximate surface area is 182 Å². The topological polar surface area (TPSA) is 91.3 Å². The Hall–Kier alpha value is -2.10. The fourth-order valence-corrected chi connectivity index (χ4v) is 4.32. The molecule has 1 unspecified atom stereocenters. The lowest BCUT2D eigenvalue weighted by molar-refractivity contribution is 0.0568. The van der Waals surface area contributed by atoms with Crippen LogP contribution < -0.4 is 10.0 Å². The van der Waals surface area contributed by atoms with Crippen molar-refractivity contribution in [2.24, 2.45) is 0 Å². The van der Waals surface area contributed by atoms with Crippen molar-refractivity contribution < 1.29 is 17.9 Å². The van der Waals surface area contributed by atoms with E-state index in [1.807, 2.05) is 0 Å². The zero-order valence-corrected chi connectivity index (χ0v) is 18.3. The molecule has 1 heterocycles. The summed E-state index contributed by atoms with van der Waals surface area (Å²) in [6.45, 7) is 3.86. The minimum absolute atomic E-state index is 0. The third-order valence-electron chi connectivity index (χ3n) is 4.66. The summed E-state index contributed by atoms with van der Waals surface area (Å²) in [5.74, 6) is -0.370. The van der Waals surface area contributed by atoms with Crippen LogP contribution in [0.1, 0.15) is 19.4 Å². The number of nitrogens with one attached hydrogen (secondary N) is 2. The molecule has 2 aromatic carbocycles. The Morgan fingerprint density at radius 3 is 2.53 bits per heavy atom. The van der Waals surface area contributed by atoms with Crippen molar-refractivity contribution in [2.45, 2.75) is 30.4 Å². The van der Waals surface area contributed by atoms with Gasteiger partial charge in [-0.05, 0) is 55.1 Å². The van der Waals surface area contributed by atoms with Crippen molar-refractivity contribution in [2.75, 3.05) is 13.1 Å². The van der Waals surface area contributed by atoms with E-state index in [1.54, 1.807) is 50.5 Å². The number of benzene rings is 2. The summed E-state index contributed by atoms with van der Waals surface area (Å²) in [5.41, 5.74) is -0.635. The van der Waals surface area contributed by atoms with Gasteiger partial charge in [0.25, 0.3) is 0 Å². The fourth-order valence-electron chi connectivity index (χ4n) is 3.05. The lowest BCUT2D eigenvalue weighted by Crippen LogP contribution is -2.44. The third-order valence-corrected chi connectivity index (χ3v) is 6.25. The van der Waals surface area contributed by atoms with Gasteiger partial charge in [0.1, 0.15) is 5.82 Å². The first-order chi connectivity index (χ1) is 13.7. The van der Waals surface area contributed by atoms with Crippen molar-refractivity contribution in [1.82, 2.24) is 15.0 Å². The van der Waals surface area contributed by atoms with Gasteiger partial charge in [0.15, 0.2) is 0 Å². The maximum absolute atomic E-state index is 13.1. The van der Waals surface area contributed by atoms with E-state index in [4.69, 9.17) is 0 Å². The molecule has 0 spiro atoms. The molecule has 0 radical (unpaired) electrons. The van der Waals surface area contributed by atoms with Gasteiger partial charge in [0, 0.05) is 36.9 Å². The van der Waals surface area contributed by atoms with Crippen LogP contribution in [-0.2, 0) is 15.6 Å². The molecule has 2 atom stereocenters. The molecule has 0 aliphatic carbocycles. The first-order valence-corrected chi connectivity index (χ1v) is 10.7. The molecular formula is C21H25ClFN3O3S. The quantitative estimate of drug-likeness (QED) is 0.487. The van der Waals surface area contributed by atoms with Gasteiger partial charge >= 0.3 is 0 Å². The molecule has 3 N–H and O–H groups in total. The number of halogens is 2. The lowest BCUT2D eigenvalue weighted by atomic mass is 9.96. The molecular weight excluding hydrogens is 429 g/mol. The number of aliphatic hydroxyl groups is 1. The number of fused-ring (bicyclic) bond motifs is 1. The summed E-state index contributed by atoms with van der Waals surface area (Å²) < 4.78 is 41.0. The normalized spacial score (nSPS) is 14.7. The third kappa shape index (κ3) is 5.96. The molecule has 0 aliphatic heterocycles. The minimum Gasteiger partial charge on any atom is -0.384 e. The fraction of sp³-hybridized carbons (Fsp3) is 0.286. The van der Waals surface area contributed by atoms with Gasteiger partial charge in [-0.1, -0.05) is 18.2 Å². The number of nitrogens with zero attached hydrogens (tertiary/aromatic N) is 1. The Kier molecular flexibility index (Phi) is 7.90. The Balaban J connectivity index is 0.00000320. The van der Waals surface area contributed by atoms with Crippen molar-refractivity contribution >= 4 is 33.2 Å².